The van der Waals surface area contributed by atoms with Crippen LogP contribution in [-0.2, 0) is 24.3 Å². The number of nitrogens with zero attached hydrogens (tertiary/aromatic N) is 1. The third-order valence-electron chi connectivity index (χ3n) is 5.00. The highest BCUT2D eigenvalue weighted by Gasteiger charge is 2.29. The van der Waals surface area contributed by atoms with E-state index in [2.05, 4.69) is 0 Å². The second-order valence-corrected chi connectivity index (χ2v) is 7.40. The number of hydrogen-bond acceptors (Lipinski definition) is 4. The molecule has 0 saturated carbocycles. The molecule has 0 aliphatic carbocycles. The van der Waals surface area contributed by atoms with Gasteiger partial charge in [-0.1, -0.05) is 65.7 Å². The summed E-state index contributed by atoms with van der Waals surface area (Å²) in [7, 11) is 0. The van der Waals surface area contributed by atoms with Gasteiger partial charge in [-0.3, -0.25) is 0 Å². The lowest BCUT2D eigenvalue weighted by molar-refractivity contribution is 0.0921. The summed E-state index contributed by atoms with van der Waals surface area (Å²) in [6, 6.07) is 13.8. The van der Waals surface area contributed by atoms with Crippen LogP contribution in [0.2, 0.25) is 10.0 Å². The molecule has 0 bridgehead atoms. The minimum absolute atomic E-state index is 0.00320. The first-order valence-corrected chi connectivity index (χ1v) is 9.52. The number of hydrogen-bond donors (Lipinski definition) is 2. The predicted molar refractivity (Wildman–Crippen MR) is 108 cm³/mol. The van der Waals surface area contributed by atoms with Gasteiger partial charge in [-0.2, -0.15) is 0 Å². The van der Waals surface area contributed by atoms with Crippen molar-refractivity contribution in [3.05, 3.63) is 69.2 Å². The molecule has 0 saturated heterocycles. The van der Waals surface area contributed by atoms with E-state index < -0.39 is 17.6 Å². The Morgan fingerprint density at radius 2 is 1.68 bits per heavy atom. The van der Waals surface area contributed by atoms with Crippen LogP contribution < -0.4 is 0 Å². The van der Waals surface area contributed by atoms with Gasteiger partial charge >= 0.3 is 6.09 Å². The fraction of sp³-hybridized carbons (Fsp3) is 0.190. The lowest BCUT2D eigenvalue weighted by Crippen LogP contribution is -2.36. The molecule has 1 amide bonds. The van der Waals surface area contributed by atoms with Crippen LogP contribution in [-0.4, -0.2) is 27.8 Å². The van der Waals surface area contributed by atoms with Crippen molar-refractivity contribution in [1.29, 1.82) is 0 Å². The van der Waals surface area contributed by atoms with Crippen LogP contribution in [0.4, 0.5) is 4.79 Å². The first kappa shape index (κ1) is 18.7. The molecular weight excluding hydrogens is 401 g/mol. The van der Waals surface area contributed by atoms with E-state index in [0.717, 1.165) is 16.3 Å². The highest BCUT2D eigenvalue weighted by atomic mass is 35.5. The number of rotatable bonds is 2. The zero-order valence-electron chi connectivity index (χ0n) is 14.8. The zero-order chi connectivity index (χ0) is 19.8. The van der Waals surface area contributed by atoms with Crippen molar-refractivity contribution in [3.8, 4) is 11.5 Å². The lowest BCUT2D eigenvalue weighted by atomic mass is 9.98. The van der Waals surface area contributed by atoms with E-state index in [0.29, 0.717) is 24.1 Å². The van der Waals surface area contributed by atoms with Gasteiger partial charge in [0.05, 0.1) is 16.6 Å². The summed E-state index contributed by atoms with van der Waals surface area (Å²) >= 11 is 12.3. The van der Waals surface area contributed by atoms with Crippen molar-refractivity contribution in [2.24, 2.45) is 0 Å². The molecule has 0 unspecified atom stereocenters. The molecule has 0 spiro atoms. The van der Waals surface area contributed by atoms with Crippen molar-refractivity contribution in [2.45, 2.75) is 19.6 Å². The topological polar surface area (TPSA) is 70.0 Å². The van der Waals surface area contributed by atoms with Crippen LogP contribution in [0.1, 0.15) is 16.7 Å². The molecule has 144 valence electrons. The molecule has 0 fully saturated rings. The molecule has 1 heterocycles. The SMILES string of the molecule is O=C(OCc1cccc2ccccc12)N1CCc2c(Cl)c(O)c(O)c(Cl)c2C1. The molecule has 0 atom stereocenters. The Bertz CT molecular complexity index is 1080. The summed E-state index contributed by atoms with van der Waals surface area (Å²) in [5.41, 5.74) is 2.09. The first-order chi connectivity index (χ1) is 13.5. The molecule has 5 nitrogen and oxygen atoms in total. The molecule has 0 radical (unpaired) electrons. The number of fused-ring (bicyclic) bond motifs is 2. The molecule has 0 aromatic heterocycles. The van der Waals surface area contributed by atoms with Crippen LogP contribution >= 0.6 is 23.2 Å². The number of amides is 1. The number of carbonyl (C=O) groups excluding carboxylic acids is 1. The van der Waals surface area contributed by atoms with Crippen molar-refractivity contribution < 1.29 is 19.7 Å². The number of phenols is 2. The molecule has 2 N–H and O–H groups in total. The molecule has 3 aromatic rings. The Hall–Kier alpha value is -2.63. The number of carbonyl (C=O) groups is 1. The fourth-order valence-electron chi connectivity index (χ4n) is 3.51. The van der Waals surface area contributed by atoms with Crippen LogP contribution in [0.5, 0.6) is 11.5 Å². The Labute approximate surface area is 171 Å². The van der Waals surface area contributed by atoms with Gasteiger partial charge in [0.2, 0.25) is 0 Å². The molecule has 28 heavy (non-hydrogen) atoms. The Kier molecular flexibility index (Phi) is 4.96. The second-order valence-electron chi connectivity index (χ2n) is 6.65. The number of phenolic OH excluding ortho intramolecular Hbond substituents is 2. The minimum atomic E-state index is -0.476. The molecule has 1 aliphatic heterocycles. The van der Waals surface area contributed by atoms with E-state index >= 15 is 0 Å². The molecule has 7 heteroatoms. The molecule has 3 aromatic carbocycles. The zero-order valence-corrected chi connectivity index (χ0v) is 16.3. The number of halogens is 2. The van der Waals surface area contributed by atoms with Gasteiger partial charge in [0, 0.05) is 6.54 Å². The Morgan fingerprint density at radius 1 is 1.00 bits per heavy atom. The standard InChI is InChI=1S/C21H17Cl2NO4/c22-17-15-8-9-24(10-16(15)18(23)20(26)19(17)25)21(27)28-11-13-6-3-5-12-4-1-2-7-14(12)13/h1-7,25-26H,8-11H2. The Balaban J connectivity index is 1.51. The first-order valence-electron chi connectivity index (χ1n) is 8.76. The van der Waals surface area contributed by atoms with E-state index in [1.54, 1.807) is 0 Å². The molecule has 1 aliphatic rings. The second kappa shape index (κ2) is 7.41. The third-order valence-corrected chi connectivity index (χ3v) is 5.82. The van der Waals surface area contributed by atoms with Crippen molar-refractivity contribution >= 4 is 40.1 Å². The number of ether oxygens (including phenoxy) is 1. The van der Waals surface area contributed by atoms with Crippen molar-refractivity contribution in [1.82, 2.24) is 4.90 Å². The smallest absolute Gasteiger partial charge is 0.410 e. The lowest BCUT2D eigenvalue weighted by Gasteiger charge is -2.30. The van der Waals surface area contributed by atoms with Crippen molar-refractivity contribution in [2.75, 3.05) is 6.54 Å². The molecular formula is C21H17Cl2NO4. The quantitative estimate of drug-likeness (QED) is 0.558. The maximum atomic E-state index is 12.6. The monoisotopic (exact) mass is 417 g/mol. The minimum Gasteiger partial charge on any atom is -0.503 e. The average molecular weight is 418 g/mol. The van der Waals surface area contributed by atoms with E-state index in [1.807, 2.05) is 42.5 Å². The normalized spacial score (nSPS) is 13.4. The highest BCUT2D eigenvalue weighted by molar-refractivity contribution is 6.36. The van der Waals surface area contributed by atoms with E-state index in [1.165, 1.54) is 4.90 Å². The van der Waals surface area contributed by atoms with E-state index in [-0.39, 0.29) is 23.2 Å². The van der Waals surface area contributed by atoms with Gasteiger partial charge in [0.15, 0.2) is 11.5 Å². The summed E-state index contributed by atoms with van der Waals surface area (Å²) in [6.45, 7) is 0.677. The van der Waals surface area contributed by atoms with Gasteiger partial charge in [0.1, 0.15) is 6.61 Å². The van der Waals surface area contributed by atoms with Gasteiger partial charge in [-0.15, -0.1) is 0 Å². The predicted octanol–water partition coefficient (Wildman–Crippen LogP) is 5.25. The maximum absolute atomic E-state index is 12.6. The van der Waals surface area contributed by atoms with Crippen LogP contribution in [0.15, 0.2) is 42.5 Å². The van der Waals surface area contributed by atoms with E-state index in [9.17, 15) is 15.0 Å². The molecule has 4 rings (SSSR count). The highest BCUT2D eigenvalue weighted by Crippen LogP contribution is 2.46. The van der Waals surface area contributed by atoms with Gasteiger partial charge in [0.25, 0.3) is 0 Å². The Morgan fingerprint density at radius 3 is 2.46 bits per heavy atom. The third kappa shape index (κ3) is 3.21. The van der Waals surface area contributed by atoms with Crippen LogP contribution in [0.25, 0.3) is 10.8 Å². The summed E-state index contributed by atoms with van der Waals surface area (Å²) < 4.78 is 5.51. The number of aromatic hydroxyl groups is 2. The van der Waals surface area contributed by atoms with Gasteiger partial charge in [-0.25, -0.2) is 4.79 Å². The summed E-state index contributed by atoms with van der Waals surface area (Å²) in [5.74, 6) is -0.909. The van der Waals surface area contributed by atoms with Crippen LogP contribution in [0, 0.1) is 0 Å². The maximum Gasteiger partial charge on any atom is 0.410 e. The number of benzene rings is 3. The van der Waals surface area contributed by atoms with Gasteiger partial charge in [-0.05, 0) is 33.9 Å². The fourth-order valence-corrected chi connectivity index (χ4v) is 4.07. The summed E-state index contributed by atoms with van der Waals surface area (Å²) in [5, 5.41) is 22.0. The van der Waals surface area contributed by atoms with Crippen LogP contribution in [0.3, 0.4) is 0 Å². The largest absolute Gasteiger partial charge is 0.503 e. The average Bonchev–Trinajstić information content (AvgIpc) is 2.74. The van der Waals surface area contributed by atoms with Gasteiger partial charge < -0.3 is 19.8 Å². The van der Waals surface area contributed by atoms with E-state index in [4.69, 9.17) is 27.9 Å². The summed E-state index contributed by atoms with van der Waals surface area (Å²) in [4.78, 5) is 14.1. The van der Waals surface area contributed by atoms with Crippen molar-refractivity contribution in [3.63, 3.8) is 0 Å². The summed E-state index contributed by atoms with van der Waals surface area (Å²) in [6.07, 6.45) is -0.0659.